The molecule has 0 radical (unpaired) electrons. The lowest BCUT2D eigenvalue weighted by atomic mass is 10.1. The van der Waals surface area contributed by atoms with E-state index in [2.05, 4.69) is 21.2 Å². The average Bonchev–Trinajstić information content (AvgIpc) is 3.13. The normalized spacial score (nSPS) is 14.2. The third kappa shape index (κ3) is 6.78. The van der Waals surface area contributed by atoms with Crippen molar-refractivity contribution in [1.82, 2.24) is 4.90 Å². The van der Waals surface area contributed by atoms with Crippen molar-refractivity contribution in [3.8, 4) is 11.5 Å². The summed E-state index contributed by atoms with van der Waals surface area (Å²) in [4.78, 5) is 39.2. The Morgan fingerprint density at radius 3 is 2.58 bits per heavy atom. The van der Waals surface area contributed by atoms with E-state index in [0.29, 0.717) is 45.5 Å². The molecule has 0 bridgehead atoms. The van der Waals surface area contributed by atoms with Crippen molar-refractivity contribution < 1.29 is 23.9 Å². The number of imide groups is 1. The highest BCUT2D eigenvalue weighted by atomic mass is 79.9. The topological polar surface area (TPSA) is 84.9 Å². The maximum absolute atomic E-state index is 13.0. The monoisotopic (exact) mass is 614 g/mol. The number of hydrogen-bond acceptors (Lipinski definition) is 6. The molecule has 3 amide bonds. The number of aryl methyl sites for hydroxylation is 1. The highest BCUT2D eigenvalue weighted by Gasteiger charge is 2.36. The number of halogens is 2. The number of thioether (sulfide) groups is 1. The second kappa shape index (κ2) is 12.5. The number of hydrogen-bond donors (Lipinski definition) is 1. The molecule has 4 rings (SSSR count). The van der Waals surface area contributed by atoms with Crippen LogP contribution in [-0.2, 0) is 16.2 Å². The van der Waals surface area contributed by atoms with Gasteiger partial charge in [0.1, 0.15) is 13.2 Å². The molecule has 3 aromatic rings. The van der Waals surface area contributed by atoms with Gasteiger partial charge in [-0.05, 0) is 88.6 Å². The molecule has 0 spiro atoms. The maximum Gasteiger partial charge on any atom is 0.294 e. The van der Waals surface area contributed by atoms with Crippen molar-refractivity contribution in [2.75, 3.05) is 18.5 Å². The van der Waals surface area contributed by atoms with Gasteiger partial charge in [-0.25, -0.2) is 0 Å². The van der Waals surface area contributed by atoms with E-state index in [0.717, 1.165) is 27.8 Å². The van der Waals surface area contributed by atoms with Crippen molar-refractivity contribution in [2.24, 2.45) is 0 Å². The summed E-state index contributed by atoms with van der Waals surface area (Å²) in [6.07, 6.45) is 1.59. The standard InChI is InChI=1S/C28H24BrClN2O5S/c1-3-36-23-12-19(11-21(29)26(23)37-16-18-7-5-4-6-8-18)13-24-27(34)32(28(35)38-24)15-25(33)31-20-10-9-17(2)22(30)14-20/h4-14H,3,15-16H2,1-2H3,(H,31,33)/b24-13+. The van der Waals surface area contributed by atoms with Crippen molar-refractivity contribution in [3.63, 3.8) is 0 Å². The van der Waals surface area contributed by atoms with E-state index in [4.69, 9.17) is 21.1 Å². The average molecular weight is 616 g/mol. The van der Waals surface area contributed by atoms with E-state index in [1.807, 2.05) is 44.2 Å². The lowest BCUT2D eigenvalue weighted by Gasteiger charge is -2.15. The lowest BCUT2D eigenvalue weighted by molar-refractivity contribution is -0.127. The van der Waals surface area contributed by atoms with Gasteiger partial charge in [0.2, 0.25) is 5.91 Å². The molecule has 0 aliphatic carbocycles. The molecular weight excluding hydrogens is 592 g/mol. The number of nitrogens with zero attached hydrogens (tertiary/aromatic N) is 1. The highest BCUT2D eigenvalue weighted by Crippen LogP contribution is 2.39. The largest absolute Gasteiger partial charge is 0.490 e. The molecular formula is C28H24BrClN2O5S. The summed E-state index contributed by atoms with van der Waals surface area (Å²) in [5.74, 6) is -0.0152. The molecule has 0 aromatic heterocycles. The van der Waals surface area contributed by atoms with Crippen LogP contribution in [0.15, 0.2) is 70.0 Å². The van der Waals surface area contributed by atoms with E-state index < -0.39 is 23.6 Å². The molecule has 196 valence electrons. The fraction of sp³-hybridized carbons (Fsp3) is 0.179. The summed E-state index contributed by atoms with van der Waals surface area (Å²) >= 11 is 10.4. The van der Waals surface area contributed by atoms with Crippen LogP contribution in [-0.4, -0.2) is 35.1 Å². The minimum Gasteiger partial charge on any atom is -0.490 e. The Kier molecular flexibility index (Phi) is 9.14. The minimum atomic E-state index is -0.546. The Balaban J connectivity index is 1.48. The highest BCUT2D eigenvalue weighted by molar-refractivity contribution is 9.10. The molecule has 1 N–H and O–H groups in total. The third-order valence-corrected chi connectivity index (χ3v) is 7.39. The first-order valence-corrected chi connectivity index (χ1v) is 13.7. The van der Waals surface area contributed by atoms with Crippen molar-refractivity contribution in [1.29, 1.82) is 0 Å². The predicted molar refractivity (Wildman–Crippen MR) is 154 cm³/mol. The summed E-state index contributed by atoms with van der Waals surface area (Å²) in [7, 11) is 0. The van der Waals surface area contributed by atoms with Gasteiger partial charge in [0, 0.05) is 10.7 Å². The van der Waals surface area contributed by atoms with Gasteiger partial charge in [0.25, 0.3) is 11.1 Å². The molecule has 0 atom stereocenters. The van der Waals surface area contributed by atoms with Crippen LogP contribution in [0.4, 0.5) is 10.5 Å². The van der Waals surface area contributed by atoms with Crippen molar-refractivity contribution >= 4 is 68.1 Å². The molecule has 10 heteroatoms. The summed E-state index contributed by atoms with van der Waals surface area (Å²) < 4.78 is 12.4. The quantitative estimate of drug-likeness (QED) is 0.259. The van der Waals surface area contributed by atoms with Gasteiger partial charge < -0.3 is 14.8 Å². The van der Waals surface area contributed by atoms with Gasteiger partial charge in [-0.15, -0.1) is 0 Å². The first-order chi connectivity index (χ1) is 18.2. The van der Waals surface area contributed by atoms with Crippen LogP contribution in [0.1, 0.15) is 23.6 Å². The number of carbonyl (C=O) groups is 3. The smallest absolute Gasteiger partial charge is 0.294 e. The fourth-order valence-corrected chi connectivity index (χ4v) is 5.20. The Hall–Kier alpha value is -3.27. The van der Waals surface area contributed by atoms with Gasteiger partial charge in [0.15, 0.2) is 11.5 Å². The first kappa shape index (κ1) is 27.8. The Morgan fingerprint density at radius 2 is 1.87 bits per heavy atom. The summed E-state index contributed by atoms with van der Waals surface area (Å²) in [6.45, 7) is 4.07. The molecule has 1 heterocycles. The number of anilines is 1. The number of nitrogens with one attached hydrogen (secondary N) is 1. The molecule has 0 unspecified atom stereocenters. The van der Waals surface area contributed by atoms with E-state index >= 15 is 0 Å². The first-order valence-electron chi connectivity index (χ1n) is 11.7. The molecule has 38 heavy (non-hydrogen) atoms. The Bertz CT molecular complexity index is 1410. The van der Waals surface area contributed by atoms with Crippen molar-refractivity contribution in [3.05, 3.63) is 91.8 Å². The minimum absolute atomic E-state index is 0.202. The summed E-state index contributed by atoms with van der Waals surface area (Å²) in [5, 5.41) is 2.65. The lowest BCUT2D eigenvalue weighted by Crippen LogP contribution is -2.36. The van der Waals surface area contributed by atoms with Crippen LogP contribution in [0.5, 0.6) is 11.5 Å². The van der Waals surface area contributed by atoms with Gasteiger partial charge in [-0.1, -0.05) is 48.0 Å². The summed E-state index contributed by atoms with van der Waals surface area (Å²) in [5.41, 5.74) is 3.00. The van der Waals surface area contributed by atoms with E-state index in [1.165, 1.54) is 0 Å². The van der Waals surface area contributed by atoms with Crippen LogP contribution in [0, 0.1) is 6.92 Å². The number of rotatable bonds is 9. The number of ether oxygens (including phenoxy) is 2. The van der Waals surface area contributed by atoms with E-state index in [-0.39, 0.29) is 4.91 Å². The SMILES string of the molecule is CCOc1cc(/C=C2/SC(=O)N(CC(=O)Nc3ccc(C)c(Cl)c3)C2=O)cc(Br)c1OCc1ccccc1. The van der Waals surface area contributed by atoms with Gasteiger partial charge >= 0.3 is 0 Å². The maximum atomic E-state index is 13.0. The number of benzene rings is 3. The molecule has 7 nitrogen and oxygen atoms in total. The number of amides is 3. The zero-order valence-electron chi connectivity index (χ0n) is 20.6. The molecule has 1 saturated heterocycles. The zero-order valence-corrected chi connectivity index (χ0v) is 23.8. The Morgan fingerprint density at radius 1 is 1.11 bits per heavy atom. The van der Waals surface area contributed by atoms with Crippen LogP contribution in [0.25, 0.3) is 6.08 Å². The van der Waals surface area contributed by atoms with Crippen LogP contribution in [0.3, 0.4) is 0 Å². The second-order valence-electron chi connectivity index (χ2n) is 8.32. The van der Waals surface area contributed by atoms with Gasteiger partial charge in [-0.2, -0.15) is 0 Å². The van der Waals surface area contributed by atoms with Crippen LogP contribution < -0.4 is 14.8 Å². The van der Waals surface area contributed by atoms with E-state index in [1.54, 1.807) is 36.4 Å². The van der Waals surface area contributed by atoms with Gasteiger partial charge in [0.05, 0.1) is 16.0 Å². The molecule has 3 aromatic carbocycles. The van der Waals surface area contributed by atoms with Gasteiger partial charge in [-0.3, -0.25) is 19.3 Å². The molecule has 1 fully saturated rings. The van der Waals surface area contributed by atoms with Crippen LogP contribution in [0.2, 0.25) is 5.02 Å². The van der Waals surface area contributed by atoms with Crippen molar-refractivity contribution in [2.45, 2.75) is 20.5 Å². The summed E-state index contributed by atoms with van der Waals surface area (Å²) in [6, 6.07) is 18.4. The van der Waals surface area contributed by atoms with E-state index in [9.17, 15) is 14.4 Å². The second-order valence-corrected chi connectivity index (χ2v) is 10.6. The Labute approximate surface area is 238 Å². The van der Waals surface area contributed by atoms with Crippen LogP contribution >= 0.6 is 39.3 Å². The fourth-order valence-electron chi connectivity index (χ4n) is 3.61. The predicted octanol–water partition coefficient (Wildman–Crippen LogP) is 7.06. The molecule has 0 saturated carbocycles. The molecule has 1 aliphatic rings. The third-order valence-electron chi connectivity index (χ3n) is 5.49. The molecule has 1 aliphatic heterocycles. The zero-order chi connectivity index (χ0) is 27.2. The number of carbonyl (C=O) groups excluding carboxylic acids is 3.